The van der Waals surface area contributed by atoms with E-state index >= 15 is 0 Å². The zero-order valence-corrected chi connectivity index (χ0v) is 14.7. The number of methoxy groups -OCH3 is 2. The summed E-state index contributed by atoms with van der Waals surface area (Å²) in [5, 5.41) is 0.912. The Morgan fingerprint density at radius 2 is 1.70 bits per heavy atom. The Kier molecular flexibility index (Phi) is 4.17. The first-order valence-electron chi connectivity index (χ1n) is 7.44. The summed E-state index contributed by atoms with van der Waals surface area (Å²) in [7, 11) is 3.33. The minimum atomic E-state index is 0.794. The number of nitrogens with zero attached hydrogens (tertiary/aromatic N) is 3. The van der Waals surface area contributed by atoms with Crippen molar-refractivity contribution in [2.24, 2.45) is 0 Å². The van der Waals surface area contributed by atoms with Crippen LogP contribution in [-0.2, 0) is 6.42 Å². The molecular weight excluding hydrogens is 310 g/mol. The van der Waals surface area contributed by atoms with Crippen LogP contribution in [0.2, 0.25) is 0 Å². The molecule has 0 unspecified atom stereocenters. The second kappa shape index (κ2) is 6.12. The lowest BCUT2D eigenvalue weighted by Crippen LogP contribution is -1.97. The minimum Gasteiger partial charge on any atom is -0.496 e. The number of hydrogen-bond acceptors (Lipinski definition) is 6. The summed E-state index contributed by atoms with van der Waals surface area (Å²) in [5.74, 6) is 2.42. The third-order valence-electron chi connectivity index (χ3n) is 3.92. The molecule has 0 saturated heterocycles. The highest BCUT2D eigenvalue weighted by Crippen LogP contribution is 2.41. The Hall–Kier alpha value is -2.21. The smallest absolute Gasteiger partial charge is 0.147 e. The molecule has 0 bridgehead atoms. The molecule has 0 aliphatic heterocycles. The van der Waals surface area contributed by atoms with Crippen LogP contribution in [0, 0.1) is 13.8 Å². The summed E-state index contributed by atoms with van der Waals surface area (Å²) in [5.41, 5.74) is 3.96. The van der Waals surface area contributed by atoms with E-state index in [0.29, 0.717) is 0 Å². The standard InChI is InChI=1S/C17H19N3O2S/c1-6-14-18-8-11-16(20-14)23-17(19-11)15-9(2)12(21-4)7-13(22-5)10(15)3/h7-8H,6H2,1-5H3. The molecule has 23 heavy (non-hydrogen) atoms. The number of rotatable bonds is 4. The van der Waals surface area contributed by atoms with Gasteiger partial charge in [-0.05, 0) is 13.8 Å². The Morgan fingerprint density at radius 1 is 1.04 bits per heavy atom. The van der Waals surface area contributed by atoms with Gasteiger partial charge in [-0.25, -0.2) is 15.0 Å². The molecule has 5 nitrogen and oxygen atoms in total. The quantitative estimate of drug-likeness (QED) is 0.725. The van der Waals surface area contributed by atoms with Crippen molar-refractivity contribution in [1.29, 1.82) is 0 Å². The Balaban J connectivity index is 2.25. The lowest BCUT2D eigenvalue weighted by molar-refractivity contribution is 0.391. The fraction of sp³-hybridized carbons (Fsp3) is 0.353. The molecule has 0 radical (unpaired) electrons. The zero-order chi connectivity index (χ0) is 16.6. The average molecular weight is 329 g/mol. The summed E-state index contributed by atoms with van der Waals surface area (Å²) >= 11 is 1.57. The lowest BCUT2D eigenvalue weighted by Gasteiger charge is -2.15. The van der Waals surface area contributed by atoms with Gasteiger partial charge in [0.15, 0.2) is 0 Å². The van der Waals surface area contributed by atoms with Crippen LogP contribution in [0.5, 0.6) is 11.5 Å². The second-order valence-electron chi connectivity index (χ2n) is 5.26. The van der Waals surface area contributed by atoms with Gasteiger partial charge in [0.2, 0.25) is 0 Å². The van der Waals surface area contributed by atoms with Crippen molar-refractivity contribution >= 4 is 21.7 Å². The summed E-state index contributed by atoms with van der Waals surface area (Å²) in [6.45, 7) is 6.12. The second-order valence-corrected chi connectivity index (χ2v) is 6.23. The van der Waals surface area contributed by atoms with E-state index in [1.807, 2.05) is 26.8 Å². The first kappa shape index (κ1) is 15.7. The van der Waals surface area contributed by atoms with Crippen LogP contribution < -0.4 is 9.47 Å². The van der Waals surface area contributed by atoms with Crippen LogP contribution >= 0.6 is 11.3 Å². The molecular formula is C17H19N3O2S. The van der Waals surface area contributed by atoms with E-state index in [1.54, 1.807) is 31.8 Å². The monoisotopic (exact) mass is 329 g/mol. The van der Waals surface area contributed by atoms with Crippen LogP contribution in [0.3, 0.4) is 0 Å². The number of hydrogen-bond donors (Lipinski definition) is 0. The number of benzene rings is 1. The van der Waals surface area contributed by atoms with E-state index in [0.717, 1.165) is 55.8 Å². The molecule has 0 amide bonds. The summed E-state index contributed by atoms with van der Waals surface area (Å²) in [6, 6.07) is 1.91. The number of thiazole rings is 1. The van der Waals surface area contributed by atoms with E-state index in [2.05, 4.69) is 9.97 Å². The van der Waals surface area contributed by atoms with Gasteiger partial charge >= 0.3 is 0 Å². The summed E-state index contributed by atoms with van der Waals surface area (Å²) in [6.07, 6.45) is 2.61. The SMILES string of the molecule is CCc1ncc2nc(-c3c(C)c(OC)cc(OC)c3C)sc2n1. The predicted octanol–water partition coefficient (Wildman–Crippen LogP) is 3.95. The van der Waals surface area contributed by atoms with Gasteiger partial charge in [-0.3, -0.25) is 0 Å². The molecule has 2 heterocycles. The zero-order valence-electron chi connectivity index (χ0n) is 13.9. The fourth-order valence-electron chi connectivity index (χ4n) is 2.66. The van der Waals surface area contributed by atoms with Crippen molar-refractivity contribution < 1.29 is 9.47 Å². The molecule has 120 valence electrons. The van der Waals surface area contributed by atoms with Gasteiger partial charge in [-0.1, -0.05) is 18.3 Å². The first-order chi connectivity index (χ1) is 11.1. The molecule has 3 rings (SSSR count). The number of ether oxygens (including phenoxy) is 2. The maximum atomic E-state index is 5.48. The van der Waals surface area contributed by atoms with Crippen LogP contribution in [0.4, 0.5) is 0 Å². The average Bonchev–Trinajstić information content (AvgIpc) is 2.97. The van der Waals surface area contributed by atoms with Crippen LogP contribution in [0.1, 0.15) is 23.9 Å². The van der Waals surface area contributed by atoms with E-state index in [9.17, 15) is 0 Å². The molecule has 0 N–H and O–H groups in total. The van der Waals surface area contributed by atoms with Crippen molar-refractivity contribution in [3.8, 4) is 22.1 Å². The van der Waals surface area contributed by atoms with E-state index in [-0.39, 0.29) is 0 Å². The van der Waals surface area contributed by atoms with Crippen LogP contribution in [0.15, 0.2) is 12.3 Å². The normalized spacial score (nSPS) is 11.0. The third-order valence-corrected chi connectivity index (χ3v) is 4.90. The Labute approximate surface area is 139 Å². The van der Waals surface area contributed by atoms with Crippen LogP contribution in [-0.4, -0.2) is 29.2 Å². The third kappa shape index (κ3) is 2.63. The molecule has 0 atom stereocenters. The Bertz CT molecular complexity index is 846. The molecule has 0 fully saturated rings. The Morgan fingerprint density at radius 3 is 2.26 bits per heavy atom. The van der Waals surface area contributed by atoms with Crippen molar-refractivity contribution in [3.63, 3.8) is 0 Å². The number of fused-ring (bicyclic) bond motifs is 1. The summed E-state index contributed by atoms with van der Waals surface area (Å²) in [4.78, 5) is 14.5. The van der Waals surface area contributed by atoms with Crippen molar-refractivity contribution in [1.82, 2.24) is 15.0 Å². The fourth-order valence-corrected chi connectivity index (χ4v) is 3.74. The molecule has 0 aliphatic rings. The van der Waals surface area contributed by atoms with Crippen molar-refractivity contribution in [2.75, 3.05) is 14.2 Å². The maximum Gasteiger partial charge on any atom is 0.147 e. The molecule has 0 spiro atoms. The van der Waals surface area contributed by atoms with Gasteiger partial charge in [0.1, 0.15) is 32.7 Å². The molecule has 1 aromatic carbocycles. The summed E-state index contributed by atoms with van der Waals surface area (Å²) < 4.78 is 11.0. The highest BCUT2D eigenvalue weighted by Gasteiger charge is 2.19. The van der Waals surface area contributed by atoms with Gasteiger partial charge in [-0.2, -0.15) is 0 Å². The van der Waals surface area contributed by atoms with Gasteiger partial charge in [-0.15, -0.1) is 0 Å². The predicted molar refractivity (Wildman–Crippen MR) is 92.6 cm³/mol. The molecule has 6 heteroatoms. The molecule has 0 saturated carbocycles. The molecule has 3 aromatic rings. The first-order valence-corrected chi connectivity index (χ1v) is 8.25. The highest BCUT2D eigenvalue weighted by molar-refractivity contribution is 7.21. The molecule has 2 aromatic heterocycles. The van der Waals surface area contributed by atoms with E-state index in [1.165, 1.54) is 0 Å². The lowest BCUT2D eigenvalue weighted by atomic mass is 10.0. The topological polar surface area (TPSA) is 57.1 Å². The van der Waals surface area contributed by atoms with Crippen LogP contribution in [0.25, 0.3) is 20.9 Å². The highest BCUT2D eigenvalue weighted by atomic mass is 32.1. The van der Waals surface area contributed by atoms with Crippen molar-refractivity contribution in [2.45, 2.75) is 27.2 Å². The van der Waals surface area contributed by atoms with Gasteiger partial charge < -0.3 is 9.47 Å². The van der Waals surface area contributed by atoms with E-state index < -0.39 is 0 Å². The minimum absolute atomic E-state index is 0.794. The van der Waals surface area contributed by atoms with Gasteiger partial charge in [0, 0.05) is 29.2 Å². The van der Waals surface area contributed by atoms with Gasteiger partial charge in [0.05, 0.1) is 20.4 Å². The van der Waals surface area contributed by atoms with Crippen molar-refractivity contribution in [3.05, 3.63) is 29.2 Å². The maximum absolute atomic E-state index is 5.48. The number of aromatic nitrogens is 3. The van der Waals surface area contributed by atoms with E-state index in [4.69, 9.17) is 14.5 Å². The largest absolute Gasteiger partial charge is 0.496 e. The molecule has 0 aliphatic carbocycles. The number of aryl methyl sites for hydroxylation is 1. The van der Waals surface area contributed by atoms with Gasteiger partial charge in [0.25, 0.3) is 0 Å².